The normalized spacial score (nSPS) is 19.9. The molecule has 0 aromatic heterocycles. The van der Waals surface area contributed by atoms with Gasteiger partial charge in [0.15, 0.2) is 0 Å². The fraction of sp³-hybridized carbons (Fsp3) is 0.333. The second-order valence-electron chi connectivity index (χ2n) is 7.82. The summed E-state index contributed by atoms with van der Waals surface area (Å²) in [4.78, 5) is 24.8. The number of nitrogens with zero attached hydrogens (tertiary/aromatic N) is 1. The maximum atomic E-state index is 11.8. The van der Waals surface area contributed by atoms with Crippen molar-refractivity contribution in [2.45, 2.75) is 44.4 Å². The molecule has 1 fully saturated rings. The van der Waals surface area contributed by atoms with Crippen LogP contribution >= 0.6 is 0 Å². The van der Waals surface area contributed by atoms with Gasteiger partial charge in [-0.1, -0.05) is 60.7 Å². The van der Waals surface area contributed by atoms with Crippen molar-refractivity contribution >= 4 is 17.8 Å². The summed E-state index contributed by atoms with van der Waals surface area (Å²) in [5.41, 5.74) is 4.47. The van der Waals surface area contributed by atoms with Crippen molar-refractivity contribution in [1.82, 2.24) is 10.2 Å². The molecule has 2 bridgehead atoms. The molecule has 2 heterocycles. The maximum absolute atomic E-state index is 11.8. The zero-order chi connectivity index (χ0) is 20.9. The molecule has 2 aromatic rings. The van der Waals surface area contributed by atoms with E-state index in [9.17, 15) is 14.7 Å². The summed E-state index contributed by atoms with van der Waals surface area (Å²) < 4.78 is 5.21. The first-order valence-electron chi connectivity index (χ1n) is 10.4. The Labute approximate surface area is 176 Å². The number of carbonyl (C=O) groups is 2. The zero-order valence-electron chi connectivity index (χ0n) is 16.8. The molecule has 0 aliphatic carbocycles. The summed E-state index contributed by atoms with van der Waals surface area (Å²) in [6, 6.07) is 18.0. The van der Waals surface area contributed by atoms with E-state index >= 15 is 0 Å². The highest BCUT2D eigenvalue weighted by molar-refractivity contribution is 5.74. The molecule has 6 heteroatoms. The molecular weight excluding hydrogens is 380 g/mol. The second-order valence-corrected chi connectivity index (χ2v) is 7.82. The van der Waals surface area contributed by atoms with Gasteiger partial charge in [-0.3, -0.25) is 4.90 Å². The predicted molar refractivity (Wildman–Crippen MR) is 114 cm³/mol. The minimum absolute atomic E-state index is 0.00187. The van der Waals surface area contributed by atoms with Crippen LogP contribution in [-0.4, -0.2) is 40.8 Å². The number of hydrogen-bond donors (Lipinski definition) is 2. The molecule has 2 aliphatic rings. The monoisotopic (exact) mass is 406 g/mol. The standard InChI is InChI=1S/C24H26N2O4/c27-23(30-16-18-4-2-1-3-5-18)25-13-12-17-6-8-19(9-7-17)20-14-21-10-11-22(15-20)26(21)24(28)29/h1-9,14,21-22H,10-13,15-16H2,(H,25,27)(H,28,29). The number of carboxylic acid groups (broad SMARTS) is 1. The number of rotatable bonds is 6. The highest BCUT2D eigenvalue weighted by Crippen LogP contribution is 2.38. The van der Waals surface area contributed by atoms with Gasteiger partial charge < -0.3 is 15.2 Å². The summed E-state index contributed by atoms with van der Waals surface area (Å²) in [5, 5.41) is 12.2. The molecule has 0 saturated carbocycles. The lowest BCUT2D eigenvalue weighted by Crippen LogP contribution is -2.41. The van der Waals surface area contributed by atoms with Gasteiger partial charge in [0.05, 0.1) is 6.04 Å². The quantitative estimate of drug-likeness (QED) is 0.743. The molecule has 2 aliphatic heterocycles. The lowest BCUT2D eigenvalue weighted by molar-refractivity contribution is 0.128. The van der Waals surface area contributed by atoms with E-state index in [-0.39, 0.29) is 18.7 Å². The first-order chi connectivity index (χ1) is 14.6. The molecule has 2 unspecified atom stereocenters. The Hall–Kier alpha value is -3.28. The SMILES string of the molecule is O=C(NCCc1ccc(C2=CC3CCC(C2)N3C(=O)O)cc1)OCc1ccccc1. The molecule has 6 nitrogen and oxygen atoms in total. The molecule has 30 heavy (non-hydrogen) atoms. The lowest BCUT2D eigenvalue weighted by Gasteiger charge is -2.31. The van der Waals surface area contributed by atoms with Gasteiger partial charge in [-0.2, -0.15) is 0 Å². The van der Waals surface area contributed by atoms with Crippen LogP contribution in [0.2, 0.25) is 0 Å². The highest BCUT2D eigenvalue weighted by atomic mass is 16.5. The average Bonchev–Trinajstić information content (AvgIpc) is 3.04. The van der Waals surface area contributed by atoms with Crippen LogP contribution in [0.15, 0.2) is 60.7 Å². The minimum atomic E-state index is -0.817. The van der Waals surface area contributed by atoms with E-state index in [0.717, 1.165) is 42.4 Å². The largest absolute Gasteiger partial charge is 0.465 e. The van der Waals surface area contributed by atoms with E-state index in [2.05, 4.69) is 35.7 Å². The molecule has 0 spiro atoms. The fourth-order valence-corrected chi connectivity index (χ4v) is 4.31. The van der Waals surface area contributed by atoms with E-state index in [1.165, 1.54) is 5.57 Å². The second kappa shape index (κ2) is 9.03. The van der Waals surface area contributed by atoms with Crippen LogP contribution < -0.4 is 5.32 Å². The maximum Gasteiger partial charge on any atom is 0.408 e. The molecule has 1 saturated heterocycles. The molecule has 2 aromatic carbocycles. The average molecular weight is 406 g/mol. The van der Waals surface area contributed by atoms with E-state index in [4.69, 9.17) is 4.74 Å². The molecule has 2 atom stereocenters. The summed E-state index contributed by atoms with van der Waals surface area (Å²) in [6.45, 7) is 0.769. The smallest absolute Gasteiger partial charge is 0.408 e. The predicted octanol–water partition coefficient (Wildman–Crippen LogP) is 4.45. The van der Waals surface area contributed by atoms with Gasteiger partial charge in [0.2, 0.25) is 0 Å². The van der Waals surface area contributed by atoms with Crippen molar-refractivity contribution in [2.24, 2.45) is 0 Å². The Morgan fingerprint density at radius 2 is 1.80 bits per heavy atom. The van der Waals surface area contributed by atoms with Crippen molar-refractivity contribution in [2.75, 3.05) is 6.54 Å². The molecule has 156 valence electrons. The number of ether oxygens (including phenoxy) is 1. The third-order valence-electron chi connectivity index (χ3n) is 5.84. The van der Waals surface area contributed by atoms with Crippen molar-refractivity contribution in [3.63, 3.8) is 0 Å². The van der Waals surface area contributed by atoms with E-state index in [1.54, 1.807) is 4.90 Å². The van der Waals surface area contributed by atoms with E-state index in [0.29, 0.717) is 6.54 Å². The van der Waals surface area contributed by atoms with Gasteiger partial charge in [0.1, 0.15) is 6.61 Å². The first kappa shape index (κ1) is 20.0. The van der Waals surface area contributed by atoms with Crippen LogP contribution in [-0.2, 0) is 17.8 Å². The number of nitrogens with one attached hydrogen (secondary N) is 1. The Morgan fingerprint density at radius 1 is 1.03 bits per heavy atom. The summed E-state index contributed by atoms with van der Waals surface area (Å²) >= 11 is 0. The molecule has 4 rings (SSSR count). The van der Waals surface area contributed by atoms with Gasteiger partial charge in [0, 0.05) is 12.6 Å². The van der Waals surface area contributed by atoms with Crippen molar-refractivity contribution in [3.8, 4) is 0 Å². The number of alkyl carbamates (subject to hydrolysis) is 1. The Bertz CT molecular complexity index is 924. The van der Waals surface area contributed by atoms with Gasteiger partial charge >= 0.3 is 12.2 Å². The van der Waals surface area contributed by atoms with Gasteiger partial charge in [-0.25, -0.2) is 9.59 Å². The minimum Gasteiger partial charge on any atom is -0.465 e. The van der Waals surface area contributed by atoms with Gasteiger partial charge in [0.25, 0.3) is 0 Å². The molecule has 2 N–H and O–H groups in total. The van der Waals surface area contributed by atoms with Gasteiger partial charge in [-0.05, 0) is 47.9 Å². The highest BCUT2D eigenvalue weighted by Gasteiger charge is 2.39. The fourth-order valence-electron chi connectivity index (χ4n) is 4.31. The van der Waals surface area contributed by atoms with Crippen LogP contribution in [0.25, 0.3) is 5.57 Å². The van der Waals surface area contributed by atoms with Crippen LogP contribution in [0.3, 0.4) is 0 Å². The van der Waals surface area contributed by atoms with Crippen LogP contribution in [0.5, 0.6) is 0 Å². The van der Waals surface area contributed by atoms with Crippen LogP contribution in [0.4, 0.5) is 9.59 Å². The van der Waals surface area contributed by atoms with Crippen molar-refractivity contribution in [3.05, 3.63) is 77.4 Å². The first-order valence-corrected chi connectivity index (χ1v) is 10.4. The third kappa shape index (κ3) is 4.64. The summed E-state index contributed by atoms with van der Waals surface area (Å²) in [5.74, 6) is 0. The van der Waals surface area contributed by atoms with E-state index in [1.807, 2.05) is 30.3 Å². The van der Waals surface area contributed by atoms with Crippen LogP contribution in [0, 0.1) is 0 Å². The van der Waals surface area contributed by atoms with Gasteiger partial charge in [-0.15, -0.1) is 0 Å². The molecule has 2 amide bonds. The zero-order valence-corrected chi connectivity index (χ0v) is 16.8. The van der Waals surface area contributed by atoms with E-state index < -0.39 is 12.2 Å². The Balaban J connectivity index is 1.25. The number of hydrogen-bond acceptors (Lipinski definition) is 3. The van der Waals surface area contributed by atoms with Crippen molar-refractivity contribution < 1.29 is 19.4 Å². The van der Waals surface area contributed by atoms with Crippen LogP contribution in [0.1, 0.15) is 36.0 Å². The Morgan fingerprint density at radius 3 is 2.50 bits per heavy atom. The number of amides is 2. The summed E-state index contributed by atoms with van der Waals surface area (Å²) in [7, 11) is 0. The summed E-state index contributed by atoms with van der Waals surface area (Å²) in [6.07, 6.45) is 4.21. The third-order valence-corrected chi connectivity index (χ3v) is 5.84. The Kier molecular flexibility index (Phi) is 6.02. The number of fused-ring (bicyclic) bond motifs is 2. The number of carbonyl (C=O) groups excluding carboxylic acids is 1. The topological polar surface area (TPSA) is 78.9 Å². The molecular formula is C24H26N2O4. The number of benzene rings is 2. The lowest BCUT2D eigenvalue weighted by atomic mass is 9.94. The van der Waals surface area contributed by atoms with Crippen molar-refractivity contribution in [1.29, 1.82) is 0 Å². The molecule has 0 radical (unpaired) electrons.